The highest BCUT2D eigenvalue weighted by molar-refractivity contribution is 5.96. The first-order chi connectivity index (χ1) is 18.9. The molecule has 2 aromatic rings. The highest BCUT2D eigenvalue weighted by Crippen LogP contribution is 2.24. The molecule has 0 aromatic carbocycles. The van der Waals surface area contributed by atoms with Gasteiger partial charge in [-0.05, 0) is 43.7 Å². The molecule has 2 amide bonds. The van der Waals surface area contributed by atoms with Crippen LogP contribution < -0.4 is 21.5 Å². The summed E-state index contributed by atoms with van der Waals surface area (Å²) in [5.74, 6) is -1.19. The van der Waals surface area contributed by atoms with E-state index in [1.807, 2.05) is 0 Å². The smallest absolute Gasteiger partial charge is 0.328 e. The first-order valence-electron chi connectivity index (χ1n) is 13.0. The molecule has 216 valence electrons. The fraction of sp³-hybridized carbons (Fsp3) is 0.519. The van der Waals surface area contributed by atoms with E-state index in [-0.39, 0.29) is 41.7 Å². The number of H-pyrrole nitrogens is 1. The fourth-order valence-corrected chi connectivity index (χ4v) is 4.05. The Labute approximate surface area is 231 Å². The summed E-state index contributed by atoms with van der Waals surface area (Å²) in [5, 5.41) is 8.42. The Morgan fingerprint density at radius 1 is 1.15 bits per heavy atom. The van der Waals surface area contributed by atoms with E-state index in [4.69, 9.17) is 4.74 Å². The van der Waals surface area contributed by atoms with E-state index in [9.17, 15) is 24.0 Å². The van der Waals surface area contributed by atoms with E-state index in [1.54, 1.807) is 32.9 Å². The number of amides is 2. The Morgan fingerprint density at radius 3 is 2.52 bits per heavy atom. The third-order valence-corrected chi connectivity index (χ3v) is 6.53. The van der Waals surface area contributed by atoms with Crippen molar-refractivity contribution in [2.24, 2.45) is 11.3 Å². The van der Waals surface area contributed by atoms with Crippen LogP contribution in [0.2, 0.25) is 0 Å². The number of anilines is 2. The predicted octanol–water partition coefficient (Wildman–Crippen LogP) is 1.59. The zero-order valence-electron chi connectivity index (χ0n) is 23.4. The minimum atomic E-state index is -0.999. The summed E-state index contributed by atoms with van der Waals surface area (Å²) < 4.78 is 9.30. The second-order valence-corrected chi connectivity index (χ2v) is 10.6. The van der Waals surface area contributed by atoms with Gasteiger partial charge in [0.1, 0.15) is 11.9 Å². The van der Waals surface area contributed by atoms with Gasteiger partial charge in [0.15, 0.2) is 0 Å². The summed E-state index contributed by atoms with van der Waals surface area (Å²) in [6.45, 7) is 5.93. The average Bonchev–Trinajstić information content (AvgIpc) is 2.93. The van der Waals surface area contributed by atoms with Crippen LogP contribution in [0, 0.1) is 11.3 Å². The molecule has 4 N–H and O–H groups in total. The molecule has 0 saturated carbocycles. The van der Waals surface area contributed by atoms with Crippen LogP contribution >= 0.6 is 0 Å². The Bertz CT molecular complexity index is 1300. The van der Waals surface area contributed by atoms with Crippen LogP contribution in [0.5, 0.6) is 0 Å². The highest BCUT2D eigenvalue weighted by Gasteiger charge is 2.26. The van der Waals surface area contributed by atoms with Gasteiger partial charge in [0.25, 0.3) is 11.5 Å². The van der Waals surface area contributed by atoms with E-state index in [0.717, 1.165) is 12.1 Å². The maximum atomic E-state index is 12.7. The number of pyridine rings is 1. The monoisotopic (exact) mass is 556 g/mol. The average molecular weight is 557 g/mol. The largest absolute Gasteiger partial charge is 0.469 e. The van der Waals surface area contributed by atoms with E-state index in [1.165, 1.54) is 20.4 Å². The van der Waals surface area contributed by atoms with Gasteiger partial charge in [0.2, 0.25) is 11.9 Å². The van der Waals surface area contributed by atoms with Crippen LogP contribution in [0.1, 0.15) is 61.6 Å². The zero-order chi connectivity index (χ0) is 29.4. The van der Waals surface area contributed by atoms with Crippen molar-refractivity contribution in [1.29, 1.82) is 0 Å². The van der Waals surface area contributed by atoms with Crippen molar-refractivity contribution in [2.75, 3.05) is 31.4 Å². The maximum Gasteiger partial charge on any atom is 0.328 e. The molecule has 13 nitrogen and oxygen atoms in total. The number of aromatic amines is 1. The van der Waals surface area contributed by atoms with Gasteiger partial charge in [-0.3, -0.25) is 34.5 Å². The third kappa shape index (κ3) is 8.10. The molecule has 13 heteroatoms. The molecule has 1 unspecified atom stereocenters. The minimum absolute atomic E-state index is 0.0420. The Balaban J connectivity index is 1.55. The summed E-state index contributed by atoms with van der Waals surface area (Å²) in [7, 11) is 2.45. The summed E-state index contributed by atoms with van der Waals surface area (Å²) in [6.07, 6.45) is 3.31. The van der Waals surface area contributed by atoms with Crippen LogP contribution in [0.15, 0.2) is 23.1 Å². The predicted molar refractivity (Wildman–Crippen MR) is 146 cm³/mol. The molecule has 0 bridgehead atoms. The molecule has 2 aromatic heterocycles. The molecule has 2 atom stereocenters. The summed E-state index contributed by atoms with van der Waals surface area (Å²) >= 11 is 0. The molecule has 0 spiro atoms. The molecule has 1 aliphatic heterocycles. The molecule has 0 aliphatic carbocycles. The normalized spacial score (nSPS) is 15.2. The van der Waals surface area contributed by atoms with Gasteiger partial charge in [-0.1, -0.05) is 20.8 Å². The van der Waals surface area contributed by atoms with Crippen molar-refractivity contribution >= 4 is 35.5 Å². The van der Waals surface area contributed by atoms with Crippen LogP contribution in [-0.4, -0.2) is 65.5 Å². The lowest BCUT2D eigenvalue weighted by molar-refractivity contribution is -0.144. The minimum Gasteiger partial charge on any atom is -0.469 e. The van der Waals surface area contributed by atoms with Crippen molar-refractivity contribution in [1.82, 2.24) is 20.3 Å². The van der Waals surface area contributed by atoms with Gasteiger partial charge in [-0.2, -0.15) is 4.98 Å². The van der Waals surface area contributed by atoms with Crippen LogP contribution in [0.4, 0.5) is 11.8 Å². The molecule has 3 rings (SSSR count). The number of carbonyl (C=O) groups excluding carboxylic acids is 4. The number of hydrogen-bond donors (Lipinski definition) is 4. The quantitative estimate of drug-likeness (QED) is 0.314. The van der Waals surface area contributed by atoms with Crippen molar-refractivity contribution in [2.45, 2.75) is 58.9 Å². The van der Waals surface area contributed by atoms with E-state index >= 15 is 0 Å². The second kappa shape index (κ2) is 13.2. The topological polar surface area (TPSA) is 181 Å². The molecule has 0 radical (unpaired) electrons. The third-order valence-electron chi connectivity index (χ3n) is 6.53. The number of nitrogens with zero attached hydrogens (tertiary/aromatic N) is 2. The van der Waals surface area contributed by atoms with Crippen molar-refractivity contribution in [3.05, 3.63) is 45.5 Å². The lowest BCUT2D eigenvalue weighted by atomic mass is 9.92. The number of carbonyl (C=O) groups is 4. The standard InChI is InChI=1S/C27H36N6O7/c1-27(2,3)25(38)33-26-31-21-18(23(36)32-26)12-15(13-29-21)6-8-17-9-7-16(14-28-17)22(35)30-19(24(37)40-5)10-11-20(34)39-4/h7,9,14-15,19H,6,8,10-13H2,1-5H3,(H,30,35)(H3,29,31,32,33,36,38)/t15?,19-/m0/s1. The number of rotatable bonds is 10. The molecule has 1 aliphatic rings. The van der Waals surface area contributed by atoms with E-state index in [2.05, 4.69) is 35.6 Å². The number of methoxy groups -OCH3 is 2. The van der Waals surface area contributed by atoms with E-state index < -0.39 is 29.3 Å². The van der Waals surface area contributed by atoms with Gasteiger partial charge in [0, 0.05) is 30.3 Å². The summed E-state index contributed by atoms with van der Waals surface area (Å²) in [4.78, 5) is 72.4. The Morgan fingerprint density at radius 2 is 1.90 bits per heavy atom. The number of esters is 2. The van der Waals surface area contributed by atoms with Crippen molar-refractivity contribution in [3.8, 4) is 0 Å². The number of hydrogen-bond acceptors (Lipinski definition) is 10. The molecular formula is C27H36N6O7. The number of aryl methyl sites for hydroxylation is 1. The lowest BCUT2D eigenvalue weighted by Gasteiger charge is -2.25. The number of fused-ring (bicyclic) bond motifs is 1. The molecule has 0 fully saturated rings. The molecule has 40 heavy (non-hydrogen) atoms. The zero-order valence-corrected chi connectivity index (χ0v) is 23.4. The Kier molecular flexibility index (Phi) is 9.97. The number of aromatic nitrogens is 3. The van der Waals surface area contributed by atoms with Crippen molar-refractivity contribution < 1.29 is 28.7 Å². The summed E-state index contributed by atoms with van der Waals surface area (Å²) in [6, 6.07) is 2.35. The van der Waals surface area contributed by atoms with Gasteiger partial charge in [-0.25, -0.2) is 4.79 Å². The van der Waals surface area contributed by atoms with E-state index in [0.29, 0.717) is 30.8 Å². The lowest BCUT2D eigenvalue weighted by Crippen LogP contribution is -2.42. The van der Waals surface area contributed by atoms with Gasteiger partial charge in [-0.15, -0.1) is 0 Å². The van der Waals surface area contributed by atoms with Gasteiger partial charge < -0.3 is 20.1 Å². The summed E-state index contributed by atoms with van der Waals surface area (Å²) in [5.41, 5.74) is 0.648. The van der Waals surface area contributed by atoms with Crippen LogP contribution in [0.3, 0.4) is 0 Å². The van der Waals surface area contributed by atoms with Crippen LogP contribution in [0.25, 0.3) is 0 Å². The highest BCUT2D eigenvalue weighted by atomic mass is 16.5. The van der Waals surface area contributed by atoms with Gasteiger partial charge >= 0.3 is 11.9 Å². The van der Waals surface area contributed by atoms with Gasteiger partial charge in [0.05, 0.1) is 25.3 Å². The molecular weight excluding hydrogens is 520 g/mol. The SMILES string of the molecule is COC(=O)CC[C@H](NC(=O)c1ccc(CCC2CNc3nc(NC(=O)C(C)(C)C)[nH]c(=O)c3C2)nc1)C(=O)OC. The maximum absolute atomic E-state index is 12.7. The second-order valence-electron chi connectivity index (χ2n) is 10.6. The van der Waals surface area contributed by atoms with Crippen LogP contribution in [-0.2, 0) is 36.7 Å². The first kappa shape index (κ1) is 30.3. The number of ether oxygens (including phenoxy) is 2. The Hall–Kier alpha value is -4.29. The van der Waals surface area contributed by atoms with Crippen molar-refractivity contribution in [3.63, 3.8) is 0 Å². The molecule has 3 heterocycles. The fourth-order valence-electron chi connectivity index (χ4n) is 4.05. The first-order valence-corrected chi connectivity index (χ1v) is 13.0. The molecule has 0 saturated heterocycles. The number of nitrogens with one attached hydrogen (secondary N) is 4.